The second-order valence-corrected chi connectivity index (χ2v) is 6.59. The van der Waals surface area contributed by atoms with E-state index in [-0.39, 0.29) is 17.0 Å². The topological polar surface area (TPSA) is 86.9 Å². The summed E-state index contributed by atoms with van der Waals surface area (Å²) in [6, 6.07) is 9.28. The lowest BCUT2D eigenvalue weighted by Crippen LogP contribution is -2.48. The second-order valence-electron chi connectivity index (χ2n) is 6.59. The van der Waals surface area contributed by atoms with Crippen LogP contribution in [0.3, 0.4) is 0 Å². The summed E-state index contributed by atoms with van der Waals surface area (Å²) in [5.74, 6) is -1.57. The number of carbonyl (C=O) groups is 1. The maximum absolute atomic E-state index is 12.8. The first-order chi connectivity index (χ1) is 12.2. The van der Waals surface area contributed by atoms with E-state index in [1.165, 1.54) is 4.68 Å². The van der Waals surface area contributed by atoms with E-state index in [4.69, 9.17) is 9.47 Å². The lowest BCUT2D eigenvalue weighted by Gasteiger charge is -2.33. The number of ether oxygens (including phenoxy) is 2. The number of hydrogen-bond donors (Lipinski definition) is 1. The van der Waals surface area contributed by atoms with Crippen molar-refractivity contribution in [2.24, 2.45) is 12.1 Å². The van der Waals surface area contributed by atoms with Gasteiger partial charge in [0.05, 0.1) is 11.4 Å². The van der Waals surface area contributed by atoms with E-state index in [2.05, 4.69) is 10.5 Å². The van der Waals surface area contributed by atoms with Crippen LogP contribution in [0.1, 0.15) is 26.5 Å². The number of hydrogen-bond acceptors (Lipinski definition) is 6. The molecule has 2 heterocycles. The van der Waals surface area contributed by atoms with Gasteiger partial charge < -0.3 is 9.47 Å². The molecule has 8 heteroatoms. The summed E-state index contributed by atoms with van der Waals surface area (Å²) in [4.78, 5) is 25.0. The summed E-state index contributed by atoms with van der Waals surface area (Å²) in [6.45, 7) is 6.82. The zero-order valence-corrected chi connectivity index (χ0v) is 15.4. The fourth-order valence-corrected chi connectivity index (χ4v) is 2.90. The van der Waals surface area contributed by atoms with E-state index in [1.54, 1.807) is 39.4 Å². The molecular weight excluding hydrogens is 336 g/mol. The van der Waals surface area contributed by atoms with Crippen LogP contribution in [0.4, 0.5) is 5.69 Å². The van der Waals surface area contributed by atoms with Gasteiger partial charge in [-0.25, -0.2) is 9.48 Å². The molecule has 0 amide bonds. The molecule has 1 N–H and O–H groups in total. The number of esters is 1. The van der Waals surface area contributed by atoms with Gasteiger partial charge in [-0.05, 0) is 26.0 Å². The van der Waals surface area contributed by atoms with Gasteiger partial charge in [-0.1, -0.05) is 18.2 Å². The van der Waals surface area contributed by atoms with E-state index in [0.29, 0.717) is 5.69 Å². The molecule has 3 rings (SSSR count). The minimum absolute atomic E-state index is 0.0817. The van der Waals surface area contributed by atoms with E-state index in [9.17, 15) is 9.59 Å². The molecule has 0 saturated carbocycles. The number of carbonyl (C=O) groups excluding carboxylic acids is 1. The first kappa shape index (κ1) is 17.9. The van der Waals surface area contributed by atoms with Crippen molar-refractivity contribution >= 4 is 17.4 Å². The highest BCUT2D eigenvalue weighted by Crippen LogP contribution is 2.22. The molecule has 1 saturated heterocycles. The zero-order valence-electron chi connectivity index (χ0n) is 15.4. The Hall–Kier alpha value is -2.87. The Kier molecular flexibility index (Phi) is 4.45. The number of benzene rings is 1. The third kappa shape index (κ3) is 3.15. The van der Waals surface area contributed by atoms with E-state index >= 15 is 0 Å². The van der Waals surface area contributed by atoms with Gasteiger partial charge in [0.1, 0.15) is 11.8 Å². The number of anilines is 1. The number of nitrogens with one attached hydrogen (secondary N) is 1. The van der Waals surface area contributed by atoms with Gasteiger partial charge in [0.25, 0.3) is 5.56 Å². The van der Waals surface area contributed by atoms with Crippen LogP contribution in [0.5, 0.6) is 0 Å². The van der Waals surface area contributed by atoms with Gasteiger partial charge in [0.15, 0.2) is 5.71 Å². The highest BCUT2D eigenvalue weighted by molar-refractivity contribution is 6.38. The monoisotopic (exact) mass is 358 g/mol. The summed E-state index contributed by atoms with van der Waals surface area (Å²) < 4.78 is 14.0. The van der Waals surface area contributed by atoms with Crippen molar-refractivity contribution in [3.63, 3.8) is 0 Å². The maximum atomic E-state index is 12.8. The molecule has 1 aliphatic rings. The molecule has 1 aromatic heterocycles. The normalized spacial score (nSPS) is 20.9. The summed E-state index contributed by atoms with van der Waals surface area (Å²) in [6.07, 6.45) is -0.556. The molecule has 0 bridgehead atoms. The average Bonchev–Trinajstić information content (AvgIpc) is 2.77. The van der Waals surface area contributed by atoms with Gasteiger partial charge in [0.2, 0.25) is 5.79 Å². The van der Waals surface area contributed by atoms with Crippen LogP contribution in [0.25, 0.3) is 5.69 Å². The summed E-state index contributed by atoms with van der Waals surface area (Å²) in [7, 11) is 1.78. The van der Waals surface area contributed by atoms with Gasteiger partial charge in [-0.15, -0.1) is 0 Å². The molecule has 1 fully saturated rings. The zero-order chi connectivity index (χ0) is 19.1. The van der Waals surface area contributed by atoms with E-state index < -0.39 is 17.9 Å². The average molecular weight is 358 g/mol. The number of hydrazone groups is 1. The Balaban J connectivity index is 1.95. The molecule has 1 aliphatic heterocycles. The predicted molar refractivity (Wildman–Crippen MR) is 97.5 cm³/mol. The Morgan fingerprint density at radius 1 is 1.19 bits per heavy atom. The Morgan fingerprint density at radius 3 is 2.46 bits per heavy atom. The van der Waals surface area contributed by atoms with Gasteiger partial charge in [-0.2, -0.15) is 5.10 Å². The van der Waals surface area contributed by atoms with Crippen LogP contribution in [0.15, 0.2) is 40.2 Å². The number of nitrogens with zero attached hydrogens (tertiary/aromatic N) is 3. The minimum atomic E-state index is -1.00. The maximum Gasteiger partial charge on any atom is 0.359 e. The quantitative estimate of drug-likeness (QED) is 0.669. The van der Waals surface area contributed by atoms with Crippen LogP contribution < -0.4 is 11.0 Å². The van der Waals surface area contributed by atoms with Crippen molar-refractivity contribution < 1.29 is 14.3 Å². The SMILES string of the molecule is Cc1c(N/N=C2\C(=O)OC(C)(C)OC2C)c(=O)n(-c2ccccc2)n1C. The van der Waals surface area contributed by atoms with Crippen LogP contribution in [-0.2, 0) is 21.3 Å². The van der Waals surface area contributed by atoms with Crippen LogP contribution in [0, 0.1) is 6.92 Å². The molecule has 1 atom stereocenters. The van der Waals surface area contributed by atoms with Crippen molar-refractivity contribution in [1.82, 2.24) is 9.36 Å². The standard InChI is InChI=1S/C18H22N4O4/c1-11-14(16(23)22(21(11)5)13-9-7-6-8-10-13)19-20-15-12(2)25-18(3,4)26-17(15)24/h6-10,12,19H,1-5H3/b20-15-. The summed E-state index contributed by atoms with van der Waals surface area (Å²) in [5, 5.41) is 4.09. The highest BCUT2D eigenvalue weighted by atomic mass is 16.7. The number of aromatic nitrogens is 2. The van der Waals surface area contributed by atoms with Crippen molar-refractivity contribution in [1.29, 1.82) is 0 Å². The van der Waals surface area contributed by atoms with E-state index in [0.717, 1.165) is 5.69 Å². The lowest BCUT2D eigenvalue weighted by molar-refractivity contribution is -0.227. The summed E-state index contributed by atoms with van der Waals surface area (Å²) in [5.41, 5.74) is 4.24. The van der Waals surface area contributed by atoms with Crippen LogP contribution in [0.2, 0.25) is 0 Å². The molecule has 1 aromatic carbocycles. The molecule has 2 aromatic rings. The molecule has 0 radical (unpaired) electrons. The van der Waals surface area contributed by atoms with Gasteiger partial charge >= 0.3 is 5.97 Å². The van der Waals surface area contributed by atoms with Crippen LogP contribution in [-0.4, -0.2) is 32.9 Å². The van der Waals surface area contributed by atoms with Crippen molar-refractivity contribution in [3.8, 4) is 5.69 Å². The number of cyclic esters (lactones) is 1. The smallest absolute Gasteiger partial charge is 0.359 e. The second kappa shape index (κ2) is 6.45. The first-order valence-electron chi connectivity index (χ1n) is 8.30. The number of rotatable bonds is 3. The van der Waals surface area contributed by atoms with Crippen molar-refractivity contribution in [2.75, 3.05) is 5.43 Å². The molecular formula is C18H22N4O4. The third-order valence-electron chi connectivity index (χ3n) is 4.24. The van der Waals surface area contributed by atoms with Crippen LogP contribution >= 0.6 is 0 Å². The first-order valence-corrected chi connectivity index (χ1v) is 8.30. The summed E-state index contributed by atoms with van der Waals surface area (Å²) >= 11 is 0. The molecule has 1 unspecified atom stereocenters. The molecule has 26 heavy (non-hydrogen) atoms. The molecule has 0 aliphatic carbocycles. The number of para-hydroxylation sites is 1. The lowest BCUT2D eigenvalue weighted by atomic mass is 10.2. The van der Waals surface area contributed by atoms with Gasteiger partial charge in [-0.3, -0.25) is 14.9 Å². The molecule has 8 nitrogen and oxygen atoms in total. The fourth-order valence-electron chi connectivity index (χ4n) is 2.90. The Bertz CT molecular complexity index is 925. The minimum Gasteiger partial charge on any atom is -0.429 e. The van der Waals surface area contributed by atoms with E-state index in [1.807, 2.05) is 30.3 Å². The highest BCUT2D eigenvalue weighted by Gasteiger charge is 2.38. The Labute approximate surface area is 151 Å². The third-order valence-corrected chi connectivity index (χ3v) is 4.24. The predicted octanol–water partition coefficient (Wildman–Crippen LogP) is 1.95. The fraction of sp³-hybridized carbons (Fsp3) is 0.389. The van der Waals surface area contributed by atoms with Crippen molar-refractivity contribution in [3.05, 3.63) is 46.4 Å². The Morgan fingerprint density at radius 2 is 1.85 bits per heavy atom. The largest absolute Gasteiger partial charge is 0.429 e. The molecule has 0 spiro atoms. The van der Waals surface area contributed by atoms with Gasteiger partial charge in [0, 0.05) is 20.9 Å². The molecule has 138 valence electrons. The van der Waals surface area contributed by atoms with Crippen molar-refractivity contribution in [2.45, 2.75) is 39.6 Å².